The molecule has 0 spiro atoms. The van der Waals surface area contributed by atoms with Crippen LogP contribution in [0.25, 0.3) is 0 Å². The number of alkyl halides is 1. The maximum atomic E-state index is 15.3. The monoisotopic (exact) mass is 465 g/mol. The van der Waals surface area contributed by atoms with Gasteiger partial charge in [0.1, 0.15) is 24.6 Å². The first-order valence-corrected chi connectivity index (χ1v) is 10.3. The van der Waals surface area contributed by atoms with Crippen molar-refractivity contribution < 1.29 is 43.2 Å². The van der Waals surface area contributed by atoms with Crippen LogP contribution >= 0.6 is 20.0 Å². The highest BCUT2D eigenvalue weighted by molar-refractivity contribution is 7.71. The number of nitrogens with zero attached hydrogens (tertiary/aromatic N) is 1. The Labute approximate surface area is 173 Å². The largest absolute Gasteiger partial charge is 0.530 e. The van der Waals surface area contributed by atoms with Crippen LogP contribution in [0.1, 0.15) is 13.1 Å². The van der Waals surface area contributed by atoms with Gasteiger partial charge in [-0.05, 0) is 18.3 Å². The van der Waals surface area contributed by atoms with Gasteiger partial charge in [0.25, 0.3) is 11.4 Å². The van der Waals surface area contributed by atoms with Crippen molar-refractivity contribution in [3.8, 4) is 5.75 Å². The molecule has 14 heteroatoms. The molecule has 3 N–H and O–H groups in total. The molecule has 10 nitrogen and oxygen atoms in total. The number of nitrogens with one attached hydrogen (secondary N) is 1. The Bertz CT molecular complexity index is 1200. The van der Waals surface area contributed by atoms with E-state index in [9.17, 15) is 24.0 Å². The van der Waals surface area contributed by atoms with Crippen LogP contribution in [0.15, 0.2) is 35.3 Å². The van der Waals surface area contributed by atoms with Crippen molar-refractivity contribution in [3.05, 3.63) is 57.0 Å². The van der Waals surface area contributed by atoms with Crippen molar-refractivity contribution in [1.29, 1.82) is 0 Å². The number of phosphoric ester groups is 1. The number of aliphatic hydroxyl groups excluding tert-OH is 2. The highest BCUT2D eigenvalue weighted by atomic mass is 32.1. The number of hydrogen-bond acceptors (Lipinski definition) is 9. The lowest BCUT2D eigenvalue weighted by atomic mass is 10.1. The van der Waals surface area contributed by atoms with Crippen molar-refractivity contribution in [2.75, 3.05) is 6.61 Å². The van der Waals surface area contributed by atoms with E-state index >= 15 is 4.39 Å². The minimum absolute atomic E-state index is 0.160. The molecule has 162 valence electrons. The quantitative estimate of drug-likeness (QED) is 0.456. The minimum Gasteiger partial charge on any atom is -0.404 e. The van der Waals surface area contributed by atoms with Gasteiger partial charge in [-0.1, -0.05) is 18.2 Å². The molecule has 0 saturated carbocycles. The molecule has 2 aliphatic heterocycles. The fraction of sp³-hybridized carbons (Fsp3) is 0.375. The summed E-state index contributed by atoms with van der Waals surface area (Å²) in [6.07, 6.45) is -7.20. The van der Waals surface area contributed by atoms with Crippen molar-refractivity contribution in [3.63, 3.8) is 0 Å². The van der Waals surface area contributed by atoms with E-state index in [4.69, 9.17) is 31.9 Å². The third-order valence-corrected chi connectivity index (χ3v) is 5.99. The number of para-hydroxylation sites is 1. The van der Waals surface area contributed by atoms with Crippen LogP contribution in [0.4, 0.5) is 8.78 Å². The van der Waals surface area contributed by atoms with Gasteiger partial charge in [-0.2, -0.15) is 4.39 Å². The predicted octanol–water partition coefficient (Wildman–Crippen LogP) is 1.70. The average Bonchev–Trinajstić information content (AvgIpc) is 2.90. The molecule has 0 amide bonds. The summed E-state index contributed by atoms with van der Waals surface area (Å²) in [6, 6.07) is 6.44. The lowest BCUT2D eigenvalue weighted by Crippen LogP contribution is -2.43. The van der Waals surface area contributed by atoms with Crippen molar-refractivity contribution in [2.24, 2.45) is 0 Å². The smallest absolute Gasteiger partial charge is 0.404 e. The van der Waals surface area contributed by atoms with Gasteiger partial charge < -0.3 is 19.5 Å². The summed E-state index contributed by atoms with van der Waals surface area (Å²) in [6.45, 7) is -1.45. The summed E-state index contributed by atoms with van der Waals surface area (Å²) in [5.41, 5.74) is -0.641. The van der Waals surface area contributed by atoms with E-state index in [1.807, 2.05) is 4.98 Å². The summed E-state index contributed by atoms with van der Waals surface area (Å²) in [7, 11) is -4.33. The number of hydrogen-bond donors (Lipinski definition) is 3. The van der Waals surface area contributed by atoms with Gasteiger partial charge in [0.05, 0.1) is 14.2 Å². The Morgan fingerprint density at radius 3 is 2.97 bits per heavy atom. The molecule has 2 aromatic rings. The molecule has 1 fully saturated rings. The standard InChI is InChI=1S/C16H15F2N2O8PS/c17-9-5-20(15(30)19-13(9)23)14-11(21)12(22)16(18,27-14)7-26-29(24)25-6-8-3-1-2-4-10(8)28-29/h1-5,11-12,14,21-22H,6-7H2,(H,19,23,30)/t11-,12+,14-,16-,29?/m1/s1/i14D. The van der Waals surface area contributed by atoms with Crippen molar-refractivity contribution in [2.45, 2.75) is 30.9 Å². The number of benzene rings is 1. The maximum absolute atomic E-state index is 15.3. The SMILES string of the molecule is [2H][C@@]1(n2cc(F)c(=O)[nH]c2=S)O[C@](F)(COP2(=O)OCc3ccccc3O2)[C@@H](O)[C@H]1O. The highest BCUT2D eigenvalue weighted by Gasteiger charge is 2.57. The van der Waals surface area contributed by atoms with Gasteiger partial charge in [-0.15, -0.1) is 0 Å². The lowest BCUT2D eigenvalue weighted by molar-refractivity contribution is -0.205. The fourth-order valence-corrected chi connectivity index (χ4v) is 4.29. The van der Waals surface area contributed by atoms with E-state index in [2.05, 4.69) is 0 Å². The van der Waals surface area contributed by atoms with E-state index in [1.165, 1.54) is 6.07 Å². The number of H-pyrrole nitrogens is 1. The average molecular weight is 465 g/mol. The third kappa shape index (κ3) is 3.73. The molecule has 5 atom stereocenters. The van der Waals surface area contributed by atoms with Crippen LogP contribution in [0, 0.1) is 10.6 Å². The Kier molecular flexibility index (Phi) is 5.06. The first-order chi connectivity index (χ1) is 14.5. The van der Waals surface area contributed by atoms with E-state index in [1.54, 1.807) is 18.2 Å². The number of aromatic nitrogens is 2. The number of phosphoric acid groups is 1. The molecule has 0 aliphatic carbocycles. The third-order valence-electron chi connectivity index (χ3n) is 4.38. The molecule has 0 radical (unpaired) electrons. The number of halogens is 2. The molecular weight excluding hydrogens is 449 g/mol. The fourth-order valence-electron chi connectivity index (χ4n) is 2.82. The minimum atomic E-state index is -4.33. The van der Waals surface area contributed by atoms with E-state index in [0.29, 0.717) is 16.3 Å². The first-order valence-electron chi connectivity index (χ1n) is 8.91. The van der Waals surface area contributed by atoms with Gasteiger partial charge in [0.15, 0.2) is 11.0 Å². The number of aromatic amines is 1. The molecular formula is C16H15F2N2O8PS. The number of ether oxygens (including phenoxy) is 1. The predicted molar refractivity (Wildman–Crippen MR) is 97.2 cm³/mol. The molecule has 1 aromatic heterocycles. The van der Waals surface area contributed by atoms with Crippen LogP contribution < -0.4 is 10.1 Å². The second-order valence-corrected chi connectivity index (χ2v) is 8.40. The number of fused-ring (bicyclic) bond motifs is 1. The molecule has 4 rings (SSSR count). The molecule has 1 saturated heterocycles. The second kappa shape index (κ2) is 7.61. The van der Waals surface area contributed by atoms with Crippen molar-refractivity contribution >= 4 is 20.0 Å². The van der Waals surface area contributed by atoms with Crippen LogP contribution in [0.2, 0.25) is 0 Å². The van der Waals surface area contributed by atoms with Gasteiger partial charge in [0, 0.05) is 5.56 Å². The van der Waals surface area contributed by atoms with E-state index in [0.717, 1.165) is 0 Å². The zero-order valence-electron chi connectivity index (χ0n) is 15.9. The lowest BCUT2D eigenvalue weighted by Gasteiger charge is -2.28. The summed E-state index contributed by atoms with van der Waals surface area (Å²) >= 11 is 4.81. The summed E-state index contributed by atoms with van der Waals surface area (Å²) < 4.78 is 69.8. The maximum Gasteiger partial charge on any atom is 0.530 e. The Morgan fingerprint density at radius 1 is 1.47 bits per heavy atom. The molecule has 2 aliphatic rings. The van der Waals surface area contributed by atoms with E-state index < -0.39 is 54.8 Å². The van der Waals surface area contributed by atoms with Crippen molar-refractivity contribution in [1.82, 2.24) is 9.55 Å². The van der Waals surface area contributed by atoms with Gasteiger partial charge in [-0.3, -0.25) is 23.4 Å². The zero-order valence-corrected chi connectivity index (χ0v) is 16.6. The Hall–Kier alpha value is -1.99. The molecule has 3 heterocycles. The van der Waals surface area contributed by atoms with Gasteiger partial charge in [-0.25, -0.2) is 8.96 Å². The summed E-state index contributed by atoms with van der Waals surface area (Å²) in [5.74, 6) is -4.52. The molecule has 1 aromatic carbocycles. The van der Waals surface area contributed by atoms with Crippen LogP contribution in [0.5, 0.6) is 5.75 Å². The van der Waals surface area contributed by atoms with Gasteiger partial charge in [0.2, 0.25) is 5.82 Å². The summed E-state index contributed by atoms with van der Waals surface area (Å²) in [5, 5.41) is 20.4. The highest BCUT2D eigenvalue weighted by Crippen LogP contribution is 2.55. The number of aliphatic hydroxyl groups is 2. The Balaban J connectivity index is 1.57. The van der Waals surface area contributed by atoms with Crippen LogP contribution in [-0.2, 0) is 25.0 Å². The van der Waals surface area contributed by atoms with Crippen LogP contribution in [0.3, 0.4) is 0 Å². The Morgan fingerprint density at radius 2 is 2.20 bits per heavy atom. The zero-order chi connectivity index (χ0) is 22.6. The topological polar surface area (TPSA) is 132 Å². The molecule has 1 unspecified atom stereocenters. The molecule has 0 bridgehead atoms. The van der Waals surface area contributed by atoms with E-state index in [-0.39, 0.29) is 12.4 Å². The van der Waals surface area contributed by atoms with Gasteiger partial charge >= 0.3 is 7.82 Å². The molecule has 30 heavy (non-hydrogen) atoms. The van der Waals surface area contributed by atoms with Crippen LogP contribution in [-0.4, -0.2) is 44.4 Å². The second-order valence-electron chi connectivity index (χ2n) is 6.42. The first kappa shape index (κ1) is 19.9. The number of rotatable bonds is 4. The summed E-state index contributed by atoms with van der Waals surface area (Å²) in [4.78, 5) is 13.2. The normalized spacial score (nSPS) is 36.1.